The Morgan fingerprint density at radius 2 is 0.980 bits per heavy atom. The fourth-order valence-corrected chi connectivity index (χ4v) is 7.09. The summed E-state index contributed by atoms with van der Waals surface area (Å²) >= 11 is 0. The second kappa shape index (κ2) is 11.4. The predicted molar refractivity (Wildman–Crippen MR) is 203 cm³/mol. The monoisotopic (exact) mass is 640 g/mol. The quantitative estimate of drug-likeness (QED) is 0.188. The van der Waals surface area contributed by atoms with Gasteiger partial charge in [0.25, 0.3) is 0 Å². The molecule has 0 radical (unpaired) electrons. The van der Waals surface area contributed by atoms with Gasteiger partial charge in [-0.15, -0.1) is 0 Å². The van der Waals surface area contributed by atoms with Crippen molar-refractivity contribution in [1.29, 1.82) is 0 Å². The molecular weight excluding hydrogens is 613 g/mol. The number of furan rings is 1. The molecule has 0 spiro atoms. The van der Waals surface area contributed by atoms with E-state index in [9.17, 15) is 0 Å². The Hall–Kier alpha value is -6.85. The number of fused-ring (bicyclic) bond motifs is 6. The summed E-state index contributed by atoms with van der Waals surface area (Å²) in [4.78, 5) is 14.9. The van der Waals surface area contributed by atoms with E-state index in [1.165, 1.54) is 21.9 Å². The molecular formula is C45H28N4O. The second-order valence-electron chi connectivity index (χ2n) is 12.5. The first kappa shape index (κ1) is 28.2. The summed E-state index contributed by atoms with van der Waals surface area (Å²) in [5.41, 5.74) is 9.97. The van der Waals surface area contributed by atoms with Crippen molar-refractivity contribution < 1.29 is 4.42 Å². The lowest BCUT2D eigenvalue weighted by Crippen LogP contribution is -2.00. The molecule has 5 heteroatoms. The third kappa shape index (κ3) is 4.60. The zero-order chi connectivity index (χ0) is 33.0. The van der Waals surface area contributed by atoms with Gasteiger partial charge in [-0.05, 0) is 47.5 Å². The van der Waals surface area contributed by atoms with Gasteiger partial charge in [0.1, 0.15) is 11.2 Å². The SMILES string of the molecule is c1ccc(-c2ccc3c(c2)c2ccccc2n3-c2ccc3c(c2)oc2c(-c4nc(-c5ccccc5)nc(-c5ccccc5)n4)cccc23)cc1. The van der Waals surface area contributed by atoms with Crippen molar-refractivity contribution in [3.63, 3.8) is 0 Å². The van der Waals surface area contributed by atoms with Crippen LogP contribution in [0, 0.1) is 0 Å². The summed E-state index contributed by atoms with van der Waals surface area (Å²) in [5.74, 6) is 1.80. The van der Waals surface area contributed by atoms with Crippen LogP contribution in [0.5, 0.6) is 0 Å². The first-order valence-electron chi connectivity index (χ1n) is 16.7. The second-order valence-corrected chi connectivity index (χ2v) is 12.5. The minimum Gasteiger partial charge on any atom is -0.455 e. The molecule has 0 bridgehead atoms. The summed E-state index contributed by atoms with van der Waals surface area (Å²) in [7, 11) is 0. The molecule has 0 aliphatic heterocycles. The van der Waals surface area contributed by atoms with E-state index in [2.05, 4.69) is 102 Å². The maximum atomic E-state index is 6.76. The Bertz CT molecular complexity index is 2800. The molecule has 0 atom stereocenters. The molecule has 10 aromatic rings. The van der Waals surface area contributed by atoms with E-state index in [0.717, 1.165) is 55.3 Å². The minimum absolute atomic E-state index is 0.569. The van der Waals surface area contributed by atoms with Gasteiger partial charge in [-0.1, -0.05) is 127 Å². The van der Waals surface area contributed by atoms with Crippen molar-refractivity contribution >= 4 is 43.7 Å². The van der Waals surface area contributed by atoms with Crippen molar-refractivity contribution in [2.75, 3.05) is 0 Å². The van der Waals surface area contributed by atoms with E-state index in [4.69, 9.17) is 19.4 Å². The van der Waals surface area contributed by atoms with Gasteiger partial charge in [0.2, 0.25) is 0 Å². The summed E-state index contributed by atoms with van der Waals surface area (Å²) in [6.45, 7) is 0. The Kier molecular flexibility index (Phi) is 6.42. The maximum Gasteiger partial charge on any atom is 0.167 e. The summed E-state index contributed by atoms with van der Waals surface area (Å²) in [6, 6.07) is 58.6. The zero-order valence-electron chi connectivity index (χ0n) is 26.9. The number of nitrogens with zero attached hydrogens (tertiary/aromatic N) is 4. The van der Waals surface area contributed by atoms with Crippen molar-refractivity contribution in [3.05, 3.63) is 170 Å². The van der Waals surface area contributed by atoms with Gasteiger partial charge in [-0.25, -0.2) is 15.0 Å². The van der Waals surface area contributed by atoms with Crippen LogP contribution in [0.25, 0.3) is 94.7 Å². The Balaban J connectivity index is 1.15. The first-order chi connectivity index (χ1) is 24.8. The predicted octanol–water partition coefficient (Wildman–Crippen LogP) is 11.5. The number of hydrogen-bond donors (Lipinski definition) is 0. The first-order valence-corrected chi connectivity index (χ1v) is 16.7. The molecule has 0 fully saturated rings. The molecule has 7 aromatic carbocycles. The summed E-state index contributed by atoms with van der Waals surface area (Å²) < 4.78 is 9.09. The number of hydrogen-bond acceptors (Lipinski definition) is 4. The van der Waals surface area contributed by atoms with Gasteiger partial charge in [0, 0.05) is 44.4 Å². The van der Waals surface area contributed by atoms with E-state index in [1.807, 2.05) is 72.8 Å². The van der Waals surface area contributed by atoms with E-state index >= 15 is 0 Å². The smallest absolute Gasteiger partial charge is 0.167 e. The Morgan fingerprint density at radius 3 is 1.70 bits per heavy atom. The van der Waals surface area contributed by atoms with Crippen LogP contribution in [0.4, 0.5) is 0 Å². The van der Waals surface area contributed by atoms with Crippen molar-refractivity contribution in [2.24, 2.45) is 0 Å². The fourth-order valence-electron chi connectivity index (χ4n) is 7.09. The lowest BCUT2D eigenvalue weighted by Gasteiger charge is -2.08. The average molecular weight is 641 g/mol. The van der Waals surface area contributed by atoms with Crippen molar-refractivity contribution in [2.45, 2.75) is 0 Å². The van der Waals surface area contributed by atoms with Gasteiger partial charge in [-0.2, -0.15) is 0 Å². The van der Waals surface area contributed by atoms with E-state index < -0.39 is 0 Å². The topological polar surface area (TPSA) is 56.7 Å². The minimum atomic E-state index is 0.569. The largest absolute Gasteiger partial charge is 0.455 e. The Morgan fingerprint density at radius 1 is 0.380 bits per heavy atom. The number of para-hydroxylation sites is 2. The lowest BCUT2D eigenvalue weighted by molar-refractivity contribution is 0.669. The van der Waals surface area contributed by atoms with Crippen molar-refractivity contribution in [1.82, 2.24) is 19.5 Å². The molecule has 10 rings (SSSR count). The third-order valence-electron chi connectivity index (χ3n) is 9.46. The highest BCUT2D eigenvalue weighted by Crippen LogP contribution is 2.39. The van der Waals surface area contributed by atoms with Crippen molar-refractivity contribution in [3.8, 4) is 51.0 Å². The van der Waals surface area contributed by atoms with Crippen LogP contribution in [0.2, 0.25) is 0 Å². The maximum absolute atomic E-state index is 6.76. The number of benzene rings is 7. The molecule has 0 unspecified atom stereocenters. The molecule has 0 aliphatic carbocycles. The molecule has 0 amide bonds. The molecule has 0 saturated heterocycles. The molecule has 0 aliphatic rings. The standard InChI is InChI=1S/C45H28N4O/c1-4-13-29(14-5-1)32-23-26-40-38(27-32)34-19-10-11-22-39(34)49(40)33-24-25-35-36-20-12-21-37(42(36)50-41(35)28-33)45-47-43(30-15-6-2-7-16-30)46-44(48-45)31-17-8-3-9-18-31/h1-28H. The molecule has 50 heavy (non-hydrogen) atoms. The van der Waals surface area contributed by atoms with Crippen LogP contribution in [0.1, 0.15) is 0 Å². The van der Waals surface area contributed by atoms with Gasteiger partial charge >= 0.3 is 0 Å². The fraction of sp³-hybridized carbons (Fsp3) is 0. The van der Waals surface area contributed by atoms with Crippen LogP contribution in [0.15, 0.2) is 174 Å². The van der Waals surface area contributed by atoms with E-state index in [-0.39, 0.29) is 0 Å². The Labute approximate surface area is 287 Å². The highest BCUT2D eigenvalue weighted by atomic mass is 16.3. The molecule has 0 saturated carbocycles. The van der Waals surface area contributed by atoms with Crippen LogP contribution >= 0.6 is 0 Å². The molecule has 3 heterocycles. The lowest BCUT2D eigenvalue weighted by atomic mass is 10.0. The van der Waals surface area contributed by atoms with Crippen LogP contribution in [-0.2, 0) is 0 Å². The van der Waals surface area contributed by atoms with E-state index in [0.29, 0.717) is 17.5 Å². The third-order valence-corrected chi connectivity index (χ3v) is 9.46. The van der Waals surface area contributed by atoms with E-state index in [1.54, 1.807) is 0 Å². The zero-order valence-corrected chi connectivity index (χ0v) is 26.9. The normalized spacial score (nSPS) is 11.6. The molecule has 3 aromatic heterocycles. The molecule has 234 valence electrons. The highest BCUT2D eigenvalue weighted by molar-refractivity contribution is 6.12. The van der Waals surface area contributed by atoms with Crippen LogP contribution in [0.3, 0.4) is 0 Å². The van der Waals surface area contributed by atoms with Gasteiger partial charge in [0.05, 0.1) is 16.6 Å². The summed E-state index contributed by atoms with van der Waals surface area (Å²) in [6.07, 6.45) is 0. The average Bonchev–Trinajstić information content (AvgIpc) is 3.74. The van der Waals surface area contributed by atoms with Gasteiger partial charge in [-0.3, -0.25) is 0 Å². The molecule has 5 nitrogen and oxygen atoms in total. The van der Waals surface area contributed by atoms with Crippen LogP contribution < -0.4 is 0 Å². The summed E-state index contributed by atoms with van der Waals surface area (Å²) in [5, 5.41) is 4.48. The highest BCUT2D eigenvalue weighted by Gasteiger charge is 2.19. The molecule has 0 N–H and O–H groups in total. The van der Waals surface area contributed by atoms with Crippen LogP contribution in [-0.4, -0.2) is 19.5 Å². The number of rotatable bonds is 5. The number of aromatic nitrogens is 4. The van der Waals surface area contributed by atoms with Gasteiger partial charge in [0.15, 0.2) is 17.5 Å². The van der Waals surface area contributed by atoms with Gasteiger partial charge < -0.3 is 8.98 Å².